The molecular formula is C13H14N6OS. The quantitative estimate of drug-likeness (QED) is 0.887. The third-order valence-electron chi connectivity index (χ3n) is 3.07. The van der Waals surface area contributed by atoms with Gasteiger partial charge in [-0.05, 0) is 25.9 Å². The molecular weight excluding hydrogens is 288 g/mol. The molecule has 2 N–H and O–H groups in total. The van der Waals surface area contributed by atoms with Crippen LogP contribution in [0.5, 0.6) is 5.88 Å². The third kappa shape index (κ3) is 3.65. The zero-order valence-electron chi connectivity index (χ0n) is 11.2. The zero-order valence-corrected chi connectivity index (χ0v) is 12.1. The van der Waals surface area contributed by atoms with Gasteiger partial charge in [-0.2, -0.15) is 5.26 Å². The monoisotopic (exact) mass is 302 g/mol. The molecule has 21 heavy (non-hydrogen) atoms. The Bertz CT molecular complexity index is 646. The zero-order chi connectivity index (χ0) is 14.5. The van der Waals surface area contributed by atoms with Gasteiger partial charge < -0.3 is 15.4 Å². The van der Waals surface area contributed by atoms with E-state index < -0.39 is 0 Å². The SMILES string of the molecule is N#Cc1cnc(Nc2cc(OC3CCNCC3)ncn2)s1. The molecule has 0 radical (unpaired) electrons. The smallest absolute Gasteiger partial charge is 0.218 e. The highest BCUT2D eigenvalue weighted by Gasteiger charge is 2.15. The van der Waals surface area contributed by atoms with Crippen LogP contribution in [0.3, 0.4) is 0 Å². The highest BCUT2D eigenvalue weighted by molar-refractivity contribution is 7.16. The van der Waals surface area contributed by atoms with Gasteiger partial charge in [-0.1, -0.05) is 11.3 Å². The van der Waals surface area contributed by atoms with Gasteiger partial charge in [0.25, 0.3) is 0 Å². The van der Waals surface area contributed by atoms with Crippen molar-refractivity contribution < 1.29 is 4.74 Å². The van der Waals surface area contributed by atoms with E-state index in [1.165, 1.54) is 23.9 Å². The number of hydrogen-bond acceptors (Lipinski definition) is 8. The molecule has 108 valence electrons. The van der Waals surface area contributed by atoms with Crippen LogP contribution in [0.1, 0.15) is 17.7 Å². The summed E-state index contributed by atoms with van der Waals surface area (Å²) in [4.78, 5) is 12.9. The maximum Gasteiger partial charge on any atom is 0.218 e. The summed E-state index contributed by atoms with van der Waals surface area (Å²) in [7, 11) is 0. The van der Waals surface area contributed by atoms with Crippen molar-refractivity contribution in [1.29, 1.82) is 5.26 Å². The second kappa shape index (κ2) is 6.47. The third-order valence-corrected chi connectivity index (χ3v) is 3.88. The molecule has 3 rings (SSSR count). The molecule has 0 atom stereocenters. The van der Waals surface area contributed by atoms with Crippen molar-refractivity contribution in [2.24, 2.45) is 0 Å². The van der Waals surface area contributed by atoms with Crippen molar-refractivity contribution in [2.75, 3.05) is 18.4 Å². The summed E-state index contributed by atoms with van der Waals surface area (Å²) in [5, 5.41) is 15.8. The van der Waals surface area contributed by atoms with E-state index in [1.54, 1.807) is 6.07 Å². The van der Waals surface area contributed by atoms with Crippen molar-refractivity contribution in [1.82, 2.24) is 20.3 Å². The Hall–Kier alpha value is -2.24. The normalized spacial score (nSPS) is 15.4. The van der Waals surface area contributed by atoms with Gasteiger partial charge in [0, 0.05) is 6.07 Å². The molecule has 1 saturated heterocycles. The standard InChI is InChI=1S/C13H14N6OS/c14-6-10-7-16-13(21-10)19-11-5-12(18-8-17-11)20-9-1-3-15-4-2-9/h5,7-9,15H,1-4H2,(H,16,17,18,19). The number of nitrogens with zero attached hydrogens (tertiary/aromatic N) is 4. The highest BCUT2D eigenvalue weighted by Crippen LogP contribution is 2.23. The van der Waals surface area contributed by atoms with Gasteiger partial charge in [0.2, 0.25) is 5.88 Å². The molecule has 0 spiro atoms. The molecule has 0 unspecified atom stereocenters. The first-order chi connectivity index (χ1) is 10.3. The van der Waals surface area contributed by atoms with E-state index in [-0.39, 0.29) is 6.10 Å². The molecule has 1 aliphatic heterocycles. The molecule has 1 aliphatic rings. The average molecular weight is 302 g/mol. The number of ether oxygens (including phenoxy) is 1. The van der Waals surface area contributed by atoms with Gasteiger partial charge in [-0.3, -0.25) is 0 Å². The topological polar surface area (TPSA) is 95.8 Å². The molecule has 0 saturated carbocycles. The predicted molar refractivity (Wildman–Crippen MR) is 78.7 cm³/mol. The Kier molecular flexibility index (Phi) is 4.23. The van der Waals surface area contributed by atoms with E-state index in [0.717, 1.165) is 25.9 Å². The maximum atomic E-state index is 8.79. The minimum atomic E-state index is 0.194. The molecule has 0 aromatic carbocycles. The van der Waals surface area contributed by atoms with E-state index in [1.807, 2.05) is 0 Å². The first-order valence-electron chi connectivity index (χ1n) is 6.66. The van der Waals surface area contributed by atoms with Crippen molar-refractivity contribution in [3.05, 3.63) is 23.5 Å². The van der Waals surface area contributed by atoms with Gasteiger partial charge in [0.05, 0.1) is 6.20 Å². The van der Waals surface area contributed by atoms with Crippen LogP contribution in [0.4, 0.5) is 10.9 Å². The number of thiazole rings is 1. The van der Waals surface area contributed by atoms with Gasteiger partial charge in [0.1, 0.15) is 29.2 Å². The van der Waals surface area contributed by atoms with E-state index in [2.05, 4.69) is 31.7 Å². The Morgan fingerprint density at radius 2 is 2.19 bits per heavy atom. The fraction of sp³-hybridized carbons (Fsp3) is 0.385. The summed E-state index contributed by atoms with van der Waals surface area (Å²) in [6, 6.07) is 3.80. The van der Waals surface area contributed by atoms with E-state index in [0.29, 0.717) is 21.7 Å². The minimum Gasteiger partial charge on any atom is -0.474 e. The molecule has 2 aromatic heterocycles. The summed E-state index contributed by atoms with van der Waals surface area (Å²) in [5.41, 5.74) is 0. The number of hydrogen-bond donors (Lipinski definition) is 2. The number of rotatable bonds is 4. The van der Waals surface area contributed by atoms with E-state index in [4.69, 9.17) is 10.00 Å². The molecule has 0 amide bonds. The molecule has 1 fully saturated rings. The van der Waals surface area contributed by atoms with Gasteiger partial charge >= 0.3 is 0 Å². The Morgan fingerprint density at radius 1 is 1.33 bits per heavy atom. The molecule has 8 heteroatoms. The highest BCUT2D eigenvalue weighted by atomic mass is 32.1. The van der Waals surface area contributed by atoms with Crippen molar-refractivity contribution in [3.63, 3.8) is 0 Å². The van der Waals surface area contributed by atoms with Crippen LogP contribution in [0.25, 0.3) is 0 Å². The predicted octanol–water partition coefficient (Wildman–Crippen LogP) is 1.68. The molecule has 0 bridgehead atoms. The van der Waals surface area contributed by atoms with Gasteiger partial charge in [0.15, 0.2) is 5.13 Å². The Balaban J connectivity index is 1.66. The lowest BCUT2D eigenvalue weighted by molar-refractivity contribution is 0.156. The van der Waals surface area contributed by atoms with Crippen molar-refractivity contribution in [2.45, 2.75) is 18.9 Å². The van der Waals surface area contributed by atoms with Crippen molar-refractivity contribution >= 4 is 22.3 Å². The van der Waals surface area contributed by atoms with Crippen LogP contribution in [0.15, 0.2) is 18.6 Å². The second-order valence-corrected chi connectivity index (χ2v) is 5.61. The fourth-order valence-electron chi connectivity index (χ4n) is 2.05. The largest absolute Gasteiger partial charge is 0.474 e. The second-order valence-electron chi connectivity index (χ2n) is 4.58. The summed E-state index contributed by atoms with van der Waals surface area (Å²) < 4.78 is 5.86. The van der Waals surface area contributed by atoms with Crippen LogP contribution < -0.4 is 15.4 Å². The minimum absolute atomic E-state index is 0.194. The van der Waals surface area contributed by atoms with Crippen LogP contribution in [0, 0.1) is 11.3 Å². The lowest BCUT2D eigenvalue weighted by Gasteiger charge is -2.23. The lowest BCUT2D eigenvalue weighted by Crippen LogP contribution is -2.34. The lowest BCUT2D eigenvalue weighted by atomic mass is 10.1. The van der Waals surface area contributed by atoms with Gasteiger partial charge in [-0.15, -0.1) is 0 Å². The molecule has 3 heterocycles. The number of aromatic nitrogens is 3. The van der Waals surface area contributed by atoms with Crippen LogP contribution in [0.2, 0.25) is 0 Å². The number of piperidine rings is 1. The summed E-state index contributed by atoms with van der Waals surface area (Å²) >= 11 is 1.28. The molecule has 0 aliphatic carbocycles. The average Bonchev–Trinajstić information content (AvgIpc) is 2.96. The van der Waals surface area contributed by atoms with Crippen LogP contribution in [-0.2, 0) is 0 Å². The first-order valence-corrected chi connectivity index (χ1v) is 7.47. The number of nitriles is 1. The van der Waals surface area contributed by atoms with Crippen LogP contribution in [-0.4, -0.2) is 34.1 Å². The summed E-state index contributed by atoms with van der Waals surface area (Å²) in [5.74, 6) is 1.16. The number of anilines is 2. The van der Waals surface area contributed by atoms with Crippen molar-refractivity contribution in [3.8, 4) is 11.9 Å². The molecule has 2 aromatic rings. The molecule has 7 nitrogen and oxygen atoms in total. The number of nitrogens with one attached hydrogen (secondary N) is 2. The Morgan fingerprint density at radius 3 is 2.95 bits per heavy atom. The van der Waals surface area contributed by atoms with Crippen LogP contribution >= 0.6 is 11.3 Å². The fourth-order valence-corrected chi connectivity index (χ4v) is 2.67. The van der Waals surface area contributed by atoms with Gasteiger partial charge in [-0.25, -0.2) is 15.0 Å². The Labute approximate surface area is 126 Å². The van der Waals surface area contributed by atoms with E-state index in [9.17, 15) is 0 Å². The first kappa shape index (κ1) is 13.7. The summed E-state index contributed by atoms with van der Waals surface area (Å²) in [6.45, 7) is 1.94. The maximum absolute atomic E-state index is 8.79. The van der Waals surface area contributed by atoms with E-state index >= 15 is 0 Å². The summed E-state index contributed by atoms with van der Waals surface area (Å²) in [6.07, 6.45) is 5.13.